The number of aryl methyl sites for hydroxylation is 2. The molecule has 0 spiro atoms. The number of carbonyl (C=O) groups is 1. The van der Waals surface area contributed by atoms with Gasteiger partial charge in [0, 0.05) is 19.8 Å². The van der Waals surface area contributed by atoms with E-state index >= 15 is 0 Å². The van der Waals surface area contributed by atoms with Crippen LogP contribution >= 0.6 is 7.60 Å². The summed E-state index contributed by atoms with van der Waals surface area (Å²) in [6.07, 6.45) is -0.232. The Morgan fingerprint density at radius 1 is 1.24 bits per heavy atom. The van der Waals surface area contributed by atoms with Crippen LogP contribution in [-0.4, -0.2) is 26.2 Å². The summed E-state index contributed by atoms with van der Waals surface area (Å²) in [6, 6.07) is 5.51. The number of ketones is 1. The second-order valence-electron chi connectivity index (χ2n) is 3.88. The van der Waals surface area contributed by atoms with E-state index in [2.05, 4.69) is 0 Å². The molecule has 0 aliphatic rings. The highest BCUT2D eigenvalue weighted by Crippen LogP contribution is 2.46. The van der Waals surface area contributed by atoms with E-state index in [1.54, 1.807) is 6.07 Å². The van der Waals surface area contributed by atoms with Crippen LogP contribution in [0.25, 0.3) is 0 Å². The third-order valence-electron chi connectivity index (χ3n) is 2.58. The fourth-order valence-electron chi connectivity index (χ4n) is 1.59. The Bertz CT molecular complexity index is 460. The van der Waals surface area contributed by atoms with Crippen LogP contribution in [0.1, 0.15) is 21.5 Å². The molecule has 0 saturated carbocycles. The molecule has 0 unspecified atom stereocenters. The van der Waals surface area contributed by atoms with Gasteiger partial charge in [0.25, 0.3) is 0 Å². The molecule has 5 heteroatoms. The van der Waals surface area contributed by atoms with Crippen molar-refractivity contribution in [3.8, 4) is 0 Å². The third kappa shape index (κ3) is 3.50. The van der Waals surface area contributed by atoms with E-state index < -0.39 is 7.60 Å². The molecule has 0 saturated heterocycles. The first-order valence-corrected chi connectivity index (χ1v) is 6.95. The van der Waals surface area contributed by atoms with Gasteiger partial charge in [-0.25, -0.2) is 0 Å². The molecule has 0 bridgehead atoms. The second kappa shape index (κ2) is 5.58. The third-order valence-corrected chi connectivity index (χ3v) is 4.36. The average Bonchev–Trinajstić information content (AvgIpc) is 2.28. The van der Waals surface area contributed by atoms with Crippen LogP contribution in [0.5, 0.6) is 0 Å². The zero-order valence-corrected chi connectivity index (χ0v) is 11.4. The lowest BCUT2D eigenvalue weighted by atomic mass is 10.0. The van der Waals surface area contributed by atoms with Gasteiger partial charge in [-0.2, -0.15) is 0 Å². The molecule has 0 aliphatic carbocycles. The number of hydrogen-bond acceptors (Lipinski definition) is 4. The summed E-state index contributed by atoms with van der Waals surface area (Å²) in [5, 5.41) is 0. The van der Waals surface area contributed by atoms with Crippen molar-refractivity contribution >= 4 is 13.4 Å². The molecular weight excluding hydrogens is 239 g/mol. The Morgan fingerprint density at radius 3 is 2.29 bits per heavy atom. The van der Waals surface area contributed by atoms with E-state index in [4.69, 9.17) is 9.05 Å². The maximum Gasteiger partial charge on any atom is 0.337 e. The Balaban J connectivity index is 2.94. The summed E-state index contributed by atoms with van der Waals surface area (Å²) in [7, 11) is -0.729. The molecule has 0 fully saturated rings. The van der Waals surface area contributed by atoms with Crippen molar-refractivity contribution in [1.29, 1.82) is 0 Å². The molecule has 0 N–H and O–H groups in total. The number of hydrogen-bond donors (Lipinski definition) is 0. The monoisotopic (exact) mass is 256 g/mol. The van der Waals surface area contributed by atoms with Gasteiger partial charge in [-0.05, 0) is 19.4 Å². The standard InChI is InChI=1S/C12H17O4P/c1-9-5-6-11(10(2)7-9)12(13)8-17(14,15-3)16-4/h5-7H,8H2,1-4H3. The lowest BCUT2D eigenvalue weighted by molar-refractivity contribution is 0.101. The Kier molecular flexibility index (Phi) is 4.63. The van der Waals surface area contributed by atoms with E-state index in [-0.39, 0.29) is 11.9 Å². The minimum absolute atomic E-state index is 0.227. The quantitative estimate of drug-likeness (QED) is 0.600. The normalized spacial score (nSPS) is 11.5. The van der Waals surface area contributed by atoms with Crippen molar-refractivity contribution < 1.29 is 18.4 Å². The molecule has 4 nitrogen and oxygen atoms in total. The van der Waals surface area contributed by atoms with Crippen LogP contribution in [0.2, 0.25) is 0 Å². The SMILES string of the molecule is COP(=O)(CC(=O)c1ccc(C)cc1C)OC. The van der Waals surface area contributed by atoms with Gasteiger partial charge in [0.2, 0.25) is 0 Å². The predicted molar refractivity (Wildman–Crippen MR) is 66.7 cm³/mol. The molecule has 1 aromatic rings. The van der Waals surface area contributed by atoms with Gasteiger partial charge in [0.15, 0.2) is 5.78 Å². The fraction of sp³-hybridized carbons (Fsp3) is 0.417. The van der Waals surface area contributed by atoms with Crippen LogP contribution in [0.4, 0.5) is 0 Å². The van der Waals surface area contributed by atoms with Crippen LogP contribution in [0.15, 0.2) is 18.2 Å². The molecular formula is C12H17O4P. The van der Waals surface area contributed by atoms with Crippen molar-refractivity contribution in [3.63, 3.8) is 0 Å². The van der Waals surface area contributed by atoms with Gasteiger partial charge < -0.3 is 9.05 Å². The molecule has 0 atom stereocenters. The van der Waals surface area contributed by atoms with E-state index in [0.717, 1.165) is 11.1 Å². The first kappa shape index (κ1) is 14.1. The summed E-state index contributed by atoms with van der Waals surface area (Å²) in [5.41, 5.74) is 2.51. The van der Waals surface area contributed by atoms with Crippen molar-refractivity contribution in [1.82, 2.24) is 0 Å². The predicted octanol–water partition coefficient (Wildman–Crippen LogP) is 2.97. The summed E-state index contributed by atoms with van der Waals surface area (Å²) < 4.78 is 21.4. The average molecular weight is 256 g/mol. The molecule has 1 rings (SSSR count). The molecule has 94 valence electrons. The van der Waals surface area contributed by atoms with Crippen LogP contribution < -0.4 is 0 Å². The van der Waals surface area contributed by atoms with Crippen molar-refractivity contribution in [2.24, 2.45) is 0 Å². The summed E-state index contributed by atoms with van der Waals surface area (Å²) >= 11 is 0. The van der Waals surface area contributed by atoms with Gasteiger partial charge in [-0.3, -0.25) is 9.36 Å². The highest BCUT2D eigenvalue weighted by atomic mass is 31.2. The number of Topliss-reactive ketones (excluding diaryl/α,β-unsaturated/α-hetero) is 1. The first-order valence-electron chi connectivity index (χ1n) is 5.23. The summed E-state index contributed by atoms with van der Waals surface area (Å²) in [4.78, 5) is 12.0. The highest BCUT2D eigenvalue weighted by Gasteiger charge is 2.26. The van der Waals surface area contributed by atoms with Gasteiger partial charge in [0.05, 0.1) is 0 Å². The maximum atomic E-state index is 12.0. The first-order chi connectivity index (χ1) is 7.91. The zero-order chi connectivity index (χ0) is 13.1. The van der Waals surface area contributed by atoms with E-state index in [1.807, 2.05) is 26.0 Å². The van der Waals surface area contributed by atoms with Gasteiger partial charge in [0.1, 0.15) is 6.16 Å². The van der Waals surface area contributed by atoms with E-state index in [9.17, 15) is 9.36 Å². The minimum atomic E-state index is -3.28. The smallest absolute Gasteiger partial charge is 0.312 e. The van der Waals surface area contributed by atoms with E-state index in [1.165, 1.54) is 14.2 Å². The minimum Gasteiger partial charge on any atom is -0.312 e. The van der Waals surface area contributed by atoms with Crippen molar-refractivity contribution in [2.45, 2.75) is 13.8 Å². The van der Waals surface area contributed by atoms with Crippen LogP contribution in [0, 0.1) is 13.8 Å². The number of carbonyl (C=O) groups excluding carboxylic acids is 1. The Morgan fingerprint density at radius 2 is 1.82 bits per heavy atom. The molecule has 0 amide bonds. The largest absolute Gasteiger partial charge is 0.337 e. The molecule has 0 aromatic heterocycles. The molecule has 0 radical (unpaired) electrons. The lowest BCUT2D eigenvalue weighted by Gasteiger charge is -2.13. The highest BCUT2D eigenvalue weighted by molar-refractivity contribution is 7.54. The van der Waals surface area contributed by atoms with Gasteiger partial charge in [-0.1, -0.05) is 23.8 Å². The maximum absolute atomic E-state index is 12.0. The van der Waals surface area contributed by atoms with Gasteiger partial charge >= 0.3 is 7.60 Å². The van der Waals surface area contributed by atoms with Gasteiger partial charge in [-0.15, -0.1) is 0 Å². The van der Waals surface area contributed by atoms with Crippen molar-refractivity contribution in [2.75, 3.05) is 20.4 Å². The second-order valence-corrected chi connectivity index (χ2v) is 6.14. The van der Waals surface area contributed by atoms with Crippen LogP contribution in [-0.2, 0) is 13.6 Å². The molecule has 0 heterocycles. The zero-order valence-electron chi connectivity index (χ0n) is 10.5. The lowest BCUT2D eigenvalue weighted by Crippen LogP contribution is -2.10. The van der Waals surface area contributed by atoms with E-state index in [0.29, 0.717) is 5.56 Å². The number of rotatable bonds is 5. The fourth-order valence-corrected chi connectivity index (χ4v) is 2.52. The topological polar surface area (TPSA) is 52.6 Å². The van der Waals surface area contributed by atoms with Crippen LogP contribution in [0.3, 0.4) is 0 Å². The molecule has 17 heavy (non-hydrogen) atoms. The summed E-state index contributed by atoms with van der Waals surface area (Å²) in [5.74, 6) is -0.227. The van der Waals surface area contributed by atoms with Crippen molar-refractivity contribution in [3.05, 3.63) is 34.9 Å². The molecule has 1 aromatic carbocycles. The Hall–Kier alpha value is -0.960. The molecule has 0 aliphatic heterocycles. The summed E-state index contributed by atoms with van der Waals surface area (Å²) in [6.45, 7) is 3.81. The Labute approximate surface area is 101 Å². The number of benzene rings is 1.